The van der Waals surface area contributed by atoms with E-state index in [9.17, 15) is 22.8 Å². The van der Waals surface area contributed by atoms with Gasteiger partial charge in [-0.25, -0.2) is 8.42 Å². The summed E-state index contributed by atoms with van der Waals surface area (Å²) < 4.78 is 27.0. The summed E-state index contributed by atoms with van der Waals surface area (Å²) >= 11 is 12.7. The van der Waals surface area contributed by atoms with Crippen LogP contribution in [0.4, 0.5) is 4.79 Å². The first-order valence-corrected chi connectivity index (χ1v) is 12.7. The third kappa shape index (κ3) is 6.36. The number of hydrogen-bond donors (Lipinski definition) is 2. The van der Waals surface area contributed by atoms with E-state index in [1.807, 2.05) is 0 Å². The van der Waals surface area contributed by atoms with Gasteiger partial charge in [0.25, 0.3) is 11.1 Å². The third-order valence-electron chi connectivity index (χ3n) is 4.54. The molecule has 33 heavy (non-hydrogen) atoms. The fraction of sp³-hybridized carbons (Fsp3) is 0.190. The Morgan fingerprint density at radius 1 is 1.15 bits per heavy atom. The normalized spacial score (nSPS) is 16.3. The Morgan fingerprint density at radius 2 is 1.85 bits per heavy atom. The van der Waals surface area contributed by atoms with Gasteiger partial charge in [-0.3, -0.25) is 19.3 Å². The van der Waals surface area contributed by atoms with Gasteiger partial charge in [0.15, 0.2) is 0 Å². The number of nitrogens with zero attached hydrogens (tertiary/aromatic N) is 1. The Kier molecular flexibility index (Phi) is 8.19. The Labute approximate surface area is 205 Å². The molecule has 0 saturated carbocycles. The van der Waals surface area contributed by atoms with Crippen molar-refractivity contribution < 1.29 is 22.8 Å². The van der Waals surface area contributed by atoms with E-state index in [1.165, 1.54) is 31.2 Å². The summed E-state index contributed by atoms with van der Waals surface area (Å²) in [6, 6.07) is 11.4. The quantitative estimate of drug-likeness (QED) is 0.508. The number of rotatable bonds is 8. The summed E-state index contributed by atoms with van der Waals surface area (Å²) in [6.07, 6.45) is 1.50. The highest BCUT2D eigenvalue weighted by Crippen LogP contribution is 2.33. The predicted octanol–water partition coefficient (Wildman–Crippen LogP) is 3.51. The van der Waals surface area contributed by atoms with E-state index >= 15 is 0 Å². The van der Waals surface area contributed by atoms with Crippen molar-refractivity contribution in [3.63, 3.8) is 0 Å². The van der Waals surface area contributed by atoms with Gasteiger partial charge in [0.05, 0.1) is 15.8 Å². The molecule has 3 amide bonds. The number of carbonyl (C=O) groups excluding carboxylic acids is 3. The fourth-order valence-electron chi connectivity index (χ4n) is 2.85. The molecule has 1 aliphatic rings. The van der Waals surface area contributed by atoms with Crippen LogP contribution in [0.15, 0.2) is 58.3 Å². The van der Waals surface area contributed by atoms with Crippen molar-refractivity contribution in [3.8, 4) is 0 Å². The minimum atomic E-state index is -3.87. The number of sulfonamides is 1. The van der Waals surface area contributed by atoms with Crippen LogP contribution in [-0.4, -0.2) is 49.5 Å². The number of carbonyl (C=O) groups is 3. The molecule has 0 aliphatic carbocycles. The molecular formula is C21H19Cl2N3O5S2. The maximum absolute atomic E-state index is 12.6. The average molecular weight is 528 g/mol. The standard InChI is InChI=1S/C21H19Cl2N3O5S2/c1-13(25-33(30,31)16-5-3-2-4-6-16)19(27)24-9-10-26-20(28)18(32-21(26)29)11-14-7-8-15(22)12-17(14)23/h2-8,11-13,25H,9-10H2,1H3,(H,24,27). The van der Waals surface area contributed by atoms with Crippen LogP contribution in [0, 0.1) is 0 Å². The van der Waals surface area contributed by atoms with Gasteiger partial charge in [-0.2, -0.15) is 4.72 Å². The number of thioether (sulfide) groups is 1. The molecule has 1 fully saturated rings. The largest absolute Gasteiger partial charge is 0.353 e. The lowest BCUT2D eigenvalue weighted by Crippen LogP contribution is -2.46. The predicted molar refractivity (Wildman–Crippen MR) is 128 cm³/mol. The second-order valence-electron chi connectivity index (χ2n) is 6.95. The van der Waals surface area contributed by atoms with Gasteiger partial charge in [0.2, 0.25) is 15.9 Å². The van der Waals surface area contributed by atoms with E-state index in [0.29, 0.717) is 15.6 Å². The molecule has 3 rings (SSSR count). The van der Waals surface area contributed by atoms with Crippen LogP contribution in [0.3, 0.4) is 0 Å². The third-order valence-corrected chi connectivity index (χ3v) is 7.56. The Bertz CT molecular complexity index is 1220. The number of amides is 3. The monoisotopic (exact) mass is 527 g/mol. The summed E-state index contributed by atoms with van der Waals surface area (Å²) in [6.45, 7) is 1.29. The summed E-state index contributed by atoms with van der Waals surface area (Å²) in [5, 5.41) is 2.83. The number of benzene rings is 2. The van der Waals surface area contributed by atoms with Gasteiger partial charge in [-0.1, -0.05) is 47.5 Å². The van der Waals surface area contributed by atoms with Gasteiger partial charge >= 0.3 is 0 Å². The van der Waals surface area contributed by atoms with E-state index in [-0.39, 0.29) is 22.9 Å². The van der Waals surface area contributed by atoms with Gasteiger partial charge < -0.3 is 5.32 Å². The van der Waals surface area contributed by atoms with Gasteiger partial charge in [-0.15, -0.1) is 0 Å². The molecular weight excluding hydrogens is 509 g/mol. The summed E-state index contributed by atoms with van der Waals surface area (Å²) in [5.74, 6) is -1.10. The molecule has 1 aliphatic heterocycles. The second kappa shape index (κ2) is 10.7. The first-order valence-electron chi connectivity index (χ1n) is 9.64. The molecule has 12 heteroatoms. The highest BCUT2D eigenvalue weighted by Gasteiger charge is 2.35. The Morgan fingerprint density at radius 3 is 2.52 bits per heavy atom. The first kappa shape index (κ1) is 25.3. The number of halogens is 2. The lowest BCUT2D eigenvalue weighted by Gasteiger charge is -2.16. The Hall–Kier alpha value is -2.37. The van der Waals surface area contributed by atoms with E-state index < -0.39 is 33.1 Å². The van der Waals surface area contributed by atoms with E-state index in [0.717, 1.165) is 16.7 Å². The van der Waals surface area contributed by atoms with Crippen molar-refractivity contribution in [2.45, 2.75) is 17.9 Å². The molecule has 1 unspecified atom stereocenters. The van der Waals surface area contributed by atoms with Crippen molar-refractivity contribution >= 4 is 68.1 Å². The lowest BCUT2D eigenvalue weighted by atomic mass is 10.2. The van der Waals surface area contributed by atoms with Crippen molar-refractivity contribution in [1.82, 2.24) is 14.9 Å². The van der Waals surface area contributed by atoms with Gasteiger partial charge in [0, 0.05) is 23.1 Å². The molecule has 0 spiro atoms. The van der Waals surface area contributed by atoms with Crippen molar-refractivity contribution in [3.05, 3.63) is 69.0 Å². The van der Waals surface area contributed by atoms with Gasteiger partial charge in [-0.05, 0) is 54.6 Å². The summed E-state index contributed by atoms with van der Waals surface area (Å²) in [4.78, 5) is 38.4. The van der Waals surface area contributed by atoms with Crippen LogP contribution >= 0.6 is 35.0 Å². The molecule has 8 nitrogen and oxygen atoms in total. The smallest absolute Gasteiger partial charge is 0.293 e. The van der Waals surface area contributed by atoms with Gasteiger partial charge in [0.1, 0.15) is 0 Å². The molecule has 174 valence electrons. The number of nitrogens with one attached hydrogen (secondary N) is 2. The van der Waals surface area contributed by atoms with Crippen LogP contribution in [0.25, 0.3) is 6.08 Å². The van der Waals surface area contributed by atoms with E-state index in [2.05, 4.69) is 10.0 Å². The zero-order valence-corrected chi connectivity index (χ0v) is 20.4. The molecule has 2 aromatic rings. The minimum Gasteiger partial charge on any atom is -0.353 e. The van der Waals surface area contributed by atoms with Crippen molar-refractivity contribution in [2.75, 3.05) is 13.1 Å². The lowest BCUT2D eigenvalue weighted by molar-refractivity contribution is -0.124. The highest BCUT2D eigenvalue weighted by molar-refractivity contribution is 8.18. The summed E-state index contributed by atoms with van der Waals surface area (Å²) in [7, 11) is -3.87. The first-order chi connectivity index (χ1) is 15.6. The molecule has 1 saturated heterocycles. The molecule has 0 bridgehead atoms. The molecule has 0 radical (unpaired) electrons. The highest BCUT2D eigenvalue weighted by atomic mass is 35.5. The number of hydrogen-bond acceptors (Lipinski definition) is 6. The van der Waals surface area contributed by atoms with E-state index in [4.69, 9.17) is 23.2 Å². The maximum Gasteiger partial charge on any atom is 0.293 e. The van der Waals surface area contributed by atoms with Crippen LogP contribution in [0.5, 0.6) is 0 Å². The number of imide groups is 1. The molecule has 2 aromatic carbocycles. The maximum atomic E-state index is 12.6. The van der Waals surface area contributed by atoms with Crippen LogP contribution in [0.2, 0.25) is 10.0 Å². The average Bonchev–Trinajstić information content (AvgIpc) is 3.03. The SMILES string of the molecule is CC(NS(=O)(=O)c1ccccc1)C(=O)NCCN1C(=O)SC(=Cc2ccc(Cl)cc2Cl)C1=O. The molecule has 2 N–H and O–H groups in total. The molecule has 0 aromatic heterocycles. The second-order valence-corrected chi connectivity index (χ2v) is 10.5. The van der Waals surface area contributed by atoms with Crippen molar-refractivity contribution in [2.24, 2.45) is 0 Å². The zero-order chi connectivity index (χ0) is 24.2. The van der Waals surface area contributed by atoms with E-state index in [1.54, 1.807) is 30.3 Å². The Balaban J connectivity index is 1.55. The fourth-order valence-corrected chi connectivity index (χ4v) is 5.39. The zero-order valence-electron chi connectivity index (χ0n) is 17.2. The summed E-state index contributed by atoms with van der Waals surface area (Å²) in [5.41, 5.74) is 0.541. The van der Waals surface area contributed by atoms with Crippen LogP contribution in [-0.2, 0) is 19.6 Å². The molecule has 1 atom stereocenters. The van der Waals surface area contributed by atoms with Crippen LogP contribution in [0.1, 0.15) is 12.5 Å². The molecule has 1 heterocycles. The van der Waals surface area contributed by atoms with Crippen molar-refractivity contribution in [1.29, 1.82) is 0 Å². The van der Waals surface area contributed by atoms with Crippen LogP contribution < -0.4 is 10.0 Å². The minimum absolute atomic E-state index is 0.0371. The topological polar surface area (TPSA) is 113 Å².